The van der Waals surface area contributed by atoms with Crippen molar-refractivity contribution in [3.05, 3.63) is 80.1 Å². The minimum Gasteiger partial charge on any atom is -0.490 e. The highest BCUT2D eigenvalue weighted by atomic mass is 127. The molecule has 10 nitrogen and oxygen atoms in total. The third-order valence-electron chi connectivity index (χ3n) is 5.97. The number of benzene rings is 2. The molecule has 42 heavy (non-hydrogen) atoms. The third-order valence-corrected chi connectivity index (χ3v) is 8.39. The molecule has 0 radical (unpaired) electrons. The van der Waals surface area contributed by atoms with E-state index in [0.29, 0.717) is 50.9 Å². The van der Waals surface area contributed by atoms with Gasteiger partial charge in [-0.05, 0) is 102 Å². The van der Waals surface area contributed by atoms with Gasteiger partial charge in [-0.3, -0.25) is 9.36 Å². The van der Waals surface area contributed by atoms with Crippen molar-refractivity contribution < 1.29 is 33.3 Å². The smallest absolute Gasteiger partial charge is 0.344 e. The van der Waals surface area contributed by atoms with Crippen molar-refractivity contribution in [3.63, 3.8) is 0 Å². The molecule has 0 saturated heterocycles. The molecule has 0 amide bonds. The summed E-state index contributed by atoms with van der Waals surface area (Å²) in [6, 6.07) is 8.27. The van der Waals surface area contributed by atoms with Crippen LogP contribution in [0.15, 0.2) is 51.9 Å². The maximum atomic E-state index is 14.0. The lowest BCUT2D eigenvalue weighted by molar-refractivity contribution is -0.145. The number of methoxy groups -OCH3 is 1. The van der Waals surface area contributed by atoms with Gasteiger partial charge in [0, 0.05) is 15.3 Å². The first-order chi connectivity index (χ1) is 20.2. The summed E-state index contributed by atoms with van der Waals surface area (Å²) in [6.45, 7) is 6.29. The number of fused-ring (bicyclic) bond motifs is 1. The second-order valence-corrected chi connectivity index (χ2v) is 12.1. The SMILES string of the molecule is CCOC(=O)COc1c(I)cc(I)cc1/C=c1/sc2n(c1=O)[C@H](c1ccc(OCC)c(OCC)c1)C(C(=O)OC)=CN=2. The molecule has 2 aromatic carbocycles. The molecule has 1 aliphatic heterocycles. The molecule has 0 fully saturated rings. The zero-order valence-corrected chi connectivity index (χ0v) is 28.4. The van der Waals surface area contributed by atoms with Crippen LogP contribution >= 0.6 is 56.5 Å². The van der Waals surface area contributed by atoms with Gasteiger partial charge in [0.05, 0.1) is 46.6 Å². The molecular weight excluding hydrogens is 790 g/mol. The molecule has 13 heteroatoms. The van der Waals surface area contributed by atoms with Crippen molar-refractivity contribution >= 4 is 74.5 Å². The van der Waals surface area contributed by atoms with Gasteiger partial charge in [-0.1, -0.05) is 17.4 Å². The van der Waals surface area contributed by atoms with E-state index < -0.39 is 18.0 Å². The number of aromatic nitrogens is 1. The summed E-state index contributed by atoms with van der Waals surface area (Å²) in [5.41, 5.74) is 1.09. The molecule has 4 rings (SSSR count). The fourth-order valence-electron chi connectivity index (χ4n) is 4.30. The predicted octanol–water partition coefficient (Wildman–Crippen LogP) is 3.97. The molecule has 1 aliphatic rings. The van der Waals surface area contributed by atoms with Gasteiger partial charge in [-0.15, -0.1) is 0 Å². The van der Waals surface area contributed by atoms with Gasteiger partial charge in [-0.2, -0.15) is 0 Å². The van der Waals surface area contributed by atoms with E-state index in [0.717, 1.165) is 7.14 Å². The molecule has 1 aromatic heterocycles. The summed E-state index contributed by atoms with van der Waals surface area (Å²) in [4.78, 5) is 43.7. The van der Waals surface area contributed by atoms with E-state index in [1.165, 1.54) is 29.2 Å². The van der Waals surface area contributed by atoms with Crippen LogP contribution in [0.2, 0.25) is 0 Å². The normalized spacial score (nSPS) is 14.4. The second kappa shape index (κ2) is 14.5. The Kier molecular flexibility index (Phi) is 11.1. The van der Waals surface area contributed by atoms with E-state index in [1.54, 1.807) is 31.2 Å². The van der Waals surface area contributed by atoms with E-state index in [-0.39, 0.29) is 24.3 Å². The number of rotatable bonds is 11. The van der Waals surface area contributed by atoms with E-state index in [2.05, 4.69) is 50.2 Å². The molecule has 0 N–H and O–H groups in total. The highest BCUT2D eigenvalue weighted by Gasteiger charge is 2.31. The molecule has 3 aromatic rings. The third kappa shape index (κ3) is 6.99. The highest BCUT2D eigenvalue weighted by molar-refractivity contribution is 14.1. The number of carbonyl (C=O) groups excluding carboxylic acids is 2. The zero-order chi connectivity index (χ0) is 30.4. The van der Waals surface area contributed by atoms with Crippen molar-refractivity contribution in [3.8, 4) is 17.2 Å². The van der Waals surface area contributed by atoms with E-state index in [9.17, 15) is 14.4 Å². The molecule has 0 bridgehead atoms. The van der Waals surface area contributed by atoms with Gasteiger partial charge < -0.3 is 23.7 Å². The number of hydrogen-bond donors (Lipinski definition) is 0. The number of carbonyl (C=O) groups is 2. The average molecular weight is 818 g/mol. The Morgan fingerprint density at radius 1 is 1.02 bits per heavy atom. The summed E-state index contributed by atoms with van der Waals surface area (Å²) in [5, 5.41) is 0. The van der Waals surface area contributed by atoms with Crippen molar-refractivity contribution in [1.29, 1.82) is 0 Å². The van der Waals surface area contributed by atoms with Crippen molar-refractivity contribution in [2.75, 3.05) is 33.5 Å². The van der Waals surface area contributed by atoms with Gasteiger partial charge in [-0.25, -0.2) is 14.6 Å². The fourth-order valence-corrected chi connectivity index (χ4v) is 7.31. The number of halogens is 2. The van der Waals surface area contributed by atoms with Crippen LogP contribution in [-0.2, 0) is 19.1 Å². The van der Waals surface area contributed by atoms with Crippen LogP contribution in [0.25, 0.3) is 6.08 Å². The molecule has 0 saturated carbocycles. The first-order valence-corrected chi connectivity index (χ1v) is 16.0. The van der Waals surface area contributed by atoms with Gasteiger partial charge in [0.15, 0.2) is 22.9 Å². The topological polar surface area (TPSA) is 115 Å². The molecule has 0 spiro atoms. The van der Waals surface area contributed by atoms with Crippen LogP contribution in [0, 0.1) is 7.14 Å². The Morgan fingerprint density at radius 3 is 2.45 bits per heavy atom. The Balaban J connectivity index is 1.87. The zero-order valence-electron chi connectivity index (χ0n) is 23.3. The van der Waals surface area contributed by atoms with Gasteiger partial charge >= 0.3 is 11.9 Å². The van der Waals surface area contributed by atoms with Crippen molar-refractivity contribution in [2.45, 2.75) is 26.8 Å². The standard InChI is InChI=1S/C29H28I2N2O8S/c1-5-38-21-9-8-16(11-22(21)39-6-2)25-19(28(36)37-4)14-32-29-33(25)27(35)23(42-29)12-17-10-18(30)13-20(31)26(17)41-15-24(34)40-7-3/h8-14,25H,5-7,15H2,1-4H3/b23-12+/t25-/m1/s1. The van der Waals surface area contributed by atoms with Crippen LogP contribution in [0.1, 0.15) is 37.9 Å². The first-order valence-electron chi connectivity index (χ1n) is 13.0. The minimum atomic E-state index is -0.818. The first kappa shape index (κ1) is 32.0. The van der Waals surface area contributed by atoms with Gasteiger partial charge in [0.1, 0.15) is 5.75 Å². The van der Waals surface area contributed by atoms with E-state index in [1.807, 2.05) is 26.0 Å². The highest BCUT2D eigenvalue weighted by Crippen LogP contribution is 2.35. The lowest BCUT2D eigenvalue weighted by atomic mass is 9.97. The van der Waals surface area contributed by atoms with Gasteiger partial charge in [0.2, 0.25) is 0 Å². The average Bonchev–Trinajstić information content (AvgIpc) is 3.27. The van der Waals surface area contributed by atoms with Crippen LogP contribution in [-0.4, -0.2) is 50.0 Å². The largest absolute Gasteiger partial charge is 0.490 e. The molecule has 1 atom stereocenters. The quantitative estimate of drug-likeness (QED) is 0.211. The number of ether oxygens (including phenoxy) is 5. The maximum Gasteiger partial charge on any atom is 0.344 e. The Morgan fingerprint density at radius 2 is 1.76 bits per heavy atom. The number of nitrogens with zero attached hydrogens (tertiary/aromatic N) is 2. The van der Waals surface area contributed by atoms with Gasteiger partial charge in [0.25, 0.3) is 5.56 Å². The monoisotopic (exact) mass is 818 g/mol. The van der Waals surface area contributed by atoms with Crippen molar-refractivity contribution in [1.82, 2.24) is 4.57 Å². The minimum absolute atomic E-state index is 0.199. The number of thiazole rings is 1. The maximum absolute atomic E-state index is 14.0. The predicted molar refractivity (Wildman–Crippen MR) is 174 cm³/mol. The van der Waals surface area contributed by atoms with Crippen LogP contribution in [0.3, 0.4) is 0 Å². The summed E-state index contributed by atoms with van der Waals surface area (Å²) >= 11 is 5.49. The lowest BCUT2D eigenvalue weighted by Gasteiger charge is -2.23. The Labute approximate surface area is 273 Å². The van der Waals surface area contributed by atoms with Crippen LogP contribution in [0.4, 0.5) is 0 Å². The lowest BCUT2D eigenvalue weighted by Crippen LogP contribution is -2.39. The number of esters is 2. The fraction of sp³-hybridized carbons (Fsp3) is 0.310. The van der Waals surface area contributed by atoms with Crippen LogP contribution < -0.4 is 29.1 Å². The molecular formula is C29H28I2N2O8S. The number of hydrogen-bond acceptors (Lipinski definition) is 10. The molecule has 2 heterocycles. The molecule has 222 valence electrons. The van der Waals surface area contributed by atoms with E-state index >= 15 is 0 Å². The van der Waals surface area contributed by atoms with Crippen molar-refractivity contribution in [2.24, 2.45) is 4.99 Å². The van der Waals surface area contributed by atoms with E-state index in [4.69, 9.17) is 23.7 Å². The summed E-state index contributed by atoms with van der Waals surface area (Å²) < 4.78 is 30.9. The Hall–Kier alpha value is -2.92. The Bertz CT molecular complexity index is 1710. The summed E-state index contributed by atoms with van der Waals surface area (Å²) in [5.74, 6) is 0.412. The summed E-state index contributed by atoms with van der Waals surface area (Å²) in [6.07, 6.45) is 3.14. The molecule has 0 unspecified atom stereocenters. The molecule has 0 aliphatic carbocycles. The van der Waals surface area contributed by atoms with Crippen LogP contribution in [0.5, 0.6) is 17.2 Å². The summed E-state index contributed by atoms with van der Waals surface area (Å²) in [7, 11) is 1.28. The second-order valence-electron chi connectivity index (χ2n) is 8.65.